The van der Waals surface area contributed by atoms with Gasteiger partial charge in [-0.3, -0.25) is 9.59 Å². The van der Waals surface area contributed by atoms with Crippen LogP contribution in [0.2, 0.25) is 0 Å². The highest BCUT2D eigenvalue weighted by Crippen LogP contribution is 2.09. The molecule has 0 saturated carbocycles. The monoisotopic (exact) mass is 274 g/mol. The SMILES string of the molecule is CC(=O)Nc1ccc(CC(=O)NCc2nn[nH]n2)cc1. The molecule has 0 bridgehead atoms. The highest BCUT2D eigenvalue weighted by atomic mass is 16.2. The number of tetrazole rings is 1. The normalized spacial score (nSPS) is 10.1. The van der Waals surface area contributed by atoms with Gasteiger partial charge in [0, 0.05) is 12.6 Å². The number of aromatic nitrogens is 4. The van der Waals surface area contributed by atoms with E-state index in [1.165, 1.54) is 6.92 Å². The van der Waals surface area contributed by atoms with E-state index in [1.54, 1.807) is 24.3 Å². The first-order valence-electron chi connectivity index (χ1n) is 5.99. The second-order valence-electron chi connectivity index (χ2n) is 4.16. The molecule has 0 aliphatic heterocycles. The number of nitrogens with one attached hydrogen (secondary N) is 3. The molecule has 0 atom stereocenters. The van der Waals surface area contributed by atoms with E-state index in [-0.39, 0.29) is 24.8 Å². The largest absolute Gasteiger partial charge is 0.348 e. The van der Waals surface area contributed by atoms with E-state index >= 15 is 0 Å². The van der Waals surface area contributed by atoms with E-state index in [0.717, 1.165) is 5.56 Å². The van der Waals surface area contributed by atoms with Crippen molar-refractivity contribution in [2.75, 3.05) is 5.32 Å². The van der Waals surface area contributed by atoms with Crippen LogP contribution in [0.25, 0.3) is 0 Å². The number of hydrogen-bond acceptors (Lipinski definition) is 5. The van der Waals surface area contributed by atoms with E-state index in [0.29, 0.717) is 11.5 Å². The Morgan fingerprint density at radius 3 is 2.60 bits per heavy atom. The van der Waals surface area contributed by atoms with Crippen LogP contribution in [0.3, 0.4) is 0 Å². The van der Waals surface area contributed by atoms with Crippen molar-refractivity contribution < 1.29 is 9.59 Å². The Balaban J connectivity index is 1.83. The van der Waals surface area contributed by atoms with Crippen molar-refractivity contribution in [1.29, 1.82) is 0 Å². The van der Waals surface area contributed by atoms with Gasteiger partial charge >= 0.3 is 0 Å². The maximum absolute atomic E-state index is 11.7. The maximum Gasteiger partial charge on any atom is 0.224 e. The predicted molar refractivity (Wildman–Crippen MR) is 70.5 cm³/mol. The van der Waals surface area contributed by atoms with E-state index in [2.05, 4.69) is 31.3 Å². The van der Waals surface area contributed by atoms with Gasteiger partial charge in [0.15, 0.2) is 5.82 Å². The highest BCUT2D eigenvalue weighted by molar-refractivity contribution is 5.88. The first-order chi connectivity index (χ1) is 9.63. The molecule has 104 valence electrons. The first-order valence-corrected chi connectivity index (χ1v) is 5.99. The summed E-state index contributed by atoms with van der Waals surface area (Å²) in [5.41, 5.74) is 1.55. The molecule has 0 radical (unpaired) electrons. The van der Waals surface area contributed by atoms with Gasteiger partial charge in [0.05, 0.1) is 13.0 Å². The fourth-order valence-electron chi connectivity index (χ4n) is 1.59. The molecule has 2 rings (SSSR count). The molecule has 1 aromatic carbocycles. The zero-order valence-corrected chi connectivity index (χ0v) is 10.9. The summed E-state index contributed by atoms with van der Waals surface area (Å²) in [6.07, 6.45) is 0.248. The van der Waals surface area contributed by atoms with Crippen molar-refractivity contribution in [2.24, 2.45) is 0 Å². The third-order valence-electron chi connectivity index (χ3n) is 2.47. The summed E-state index contributed by atoms with van der Waals surface area (Å²) < 4.78 is 0. The van der Waals surface area contributed by atoms with Gasteiger partial charge in [-0.15, -0.1) is 10.2 Å². The first kappa shape index (κ1) is 13.7. The topological polar surface area (TPSA) is 113 Å². The second-order valence-corrected chi connectivity index (χ2v) is 4.16. The zero-order chi connectivity index (χ0) is 14.4. The number of anilines is 1. The average Bonchev–Trinajstić information content (AvgIpc) is 2.91. The fraction of sp³-hybridized carbons (Fsp3) is 0.250. The number of aromatic amines is 1. The highest BCUT2D eigenvalue weighted by Gasteiger charge is 2.05. The maximum atomic E-state index is 11.7. The Hall–Kier alpha value is -2.77. The molecule has 3 N–H and O–H groups in total. The lowest BCUT2D eigenvalue weighted by molar-refractivity contribution is -0.120. The molecule has 2 amide bonds. The van der Waals surface area contributed by atoms with Crippen molar-refractivity contribution in [2.45, 2.75) is 19.9 Å². The third kappa shape index (κ3) is 4.16. The molecule has 0 aliphatic carbocycles. The molecular formula is C12H14N6O2. The van der Waals surface area contributed by atoms with Crippen LogP contribution in [0.4, 0.5) is 5.69 Å². The lowest BCUT2D eigenvalue weighted by Gasteiger charge is -2.05. The van der Waals surface area contributed by atoms with Crippen LogP contribution in [0.5, 0.6) is 0 Å². The number of benzene rings is 1. The van der Waals surface area contributed by atoms with E-state index in [9.17, 15) is 9.59 Å². The van der Waals surface area contributed by atoms with Gasteiger partial charge in [-0.1, -0.05) is 17.3 Å². The summed E-state index contributed by atoms with van der Waals surface area (Å²) in [4.78, 5) is 22.6. The Morgan fingerprint density at radius 2 is 2.00 bits per heavy atom. The molecule has 1 heterocycles. The van der Waals surface area contributed by atoms with Crippen LogP contribution < -0.4 is 10.6 Å². The van der Waals surface area contributed by atoms with Gasteiger partial charge in [0.2, 0.25) is 11.8 Å². The van der Waals surface area contributed by atoms with Crippen molar-refractivity contribution in [1.82, 2.24) is 25.9 Å². The number of hydrogen-bond donors (Lipinski definition) is 3. The number of nitrogens with zero attached hydrogens (tertiary/aromatic N) is 3. The number of carbonyl (C=O) groups is 2. The number of H-pyrrole nitrogens is 1. The molecule has 2 aromatic rings. The van der Waals surface area contributed by atoms with E-state index < -0.39 is 0 Å². The van der Waals surface area contributed by atoms with Crippen LogP contribution in [-0.2, 0) is 22.6 Å². The fourth-order valence-corrected chi connectivity index (χ4v) is 1.59. The molecule has 8 heteroatoms. The van der Waals surface area contributed by atoms with E-state index in [1.807, 2.05) is 0 Å². The Labute approximate surface area is 115 Å². The summed E-state index contributed by atoms with van der Waals surface area (Å²) in [7, 11) is 0. The molecule has 0 unspecified atom stereocenters. The summed E-state index contributed by atoms with van der Waals surface area (Å²) >= 11 is 0. The summed E-state index contributed by atoms with van der Waals surface area (Å²) in [5, 5.41) is 18.5. The smallest absolute Gasteiger partial charge is 0.224 e. The number of rotatable bonds is 5. The summed E-state index contributed by atoms with van der Waals surface area (Å²) in [6.45, 7) is 1.68. The number of amides is 2. The average molecular weight is 274 g/mol. The van der Waals surface area contributed by atoms with Crippen LogP contribution in [0.1, 0.15) is 18.3 Å². The van der Waals surface area contributed by atoms with Gasteiger partial charge in [-0.2, -0.15) is 5.21 Å². The van der Waals surface area contributed by atoms with Crippen LogP contribution in [0, 0.1) is 0 Å². The van der Waals surface area contributed by atoms with Gasteiger partial charge in [-0.05, 0) is 17.7 Å². The van der Waals surface area contributed by atoms with Crippen LogP contribution >= 0.6 is 0 Å². The summed E-state index contributed by atoms with van der Waals surface area (Å²) in [5.74, 6) is 0.164. The Bertz CT molecular complexity index is 579. The van der Waals surface area contributed by atoms with Gasteiger partial charge < -0.3 is 10.6 Å². The standard InChI is InChI=1S/C12H14N6O2/c1-8(19)14-10-4-2-9(3-5-10)6-12(20)13-7-11-15-17-18-16-11/h2-5H,6-7H2,1H3,(H,13,20)(H,14,19)(H,15,16,17,18). The molecular weight excluding hydrogens is 260 g/mol. The van der Waals surface area contributed by atoms with Crippen molar-refractivity contribution >= 4 is 17.5 Å². The van der Waals surface area contributed by atoms with Crippen molar-refractivity contribution in [3.8, 4) is 0 Å². The molecule has 0 saturated heterocycles. The van der Waals surface area contributed by atoms with Crippen LogP contribution in [-0.4, -0.2) is 32.4 Å². The third-order valence-corrected chi connectivity index (χ3v) is 2.47. The van der Waals surface area contributed by atoms with Crippen LogP contribution in [0.15, 0.2) is 24.3 Å². The molecule has 0 spiro atoms. The predicted octanol–water partition coefficient (Wildman–Crippen LogP) is 0.0170. The minimum atomic E-state index is -0.137. The quantitative estimate of drug-likeness (QED) is 0.711. The molecule has 0 fully saturated rings. The molecule has 8 nitrogen and oxygen atoms in total. The van der Waals surface area contributed by atoms with E-state index in [4.69, 9.17) is 0 Å². The second kappa shape index (κ2) is 6.41. The zero-order valence-electron chi connectivity index (χ0n) is 10.9. The molecule has 1 aromatic heterocycles. The minimum absolute atomic E-state index is 0.129. The van der Waals surface area contributed by atoms with Crippen molar-refractivity contribution in [3.05, 3.63) is 35.7 Å². The van der Waals surface area contributed by atoms with Gasteiger partial charge in [0.25, 0.3) is 0 Å². The molecule has 0 aliphatic rings. The minimum Gasteiger partial charge on any atom is -0.348 e. The Morgan fingerprint density at radius 1 is 1.25 bits per heavy atom. The number of carbonyl (C=O) groups excluding carboxylic acids is 2. The Kier molecular flexibility index (Phi) is 4.38. The van der Waals surface area contributed by atoms with Gasteiger partial charge in [0.1, 0.15) is 0 Å². The molecule has 20 heavy (non-hydrogen) atoms. The lowest BCUT2D eigenvalue weighted by atomic mass is 10.1. The summed E-state index contributed by atoms with van der Waals surface area (Å²) in [6, 6.07) is 7.09. The van der Waals surface area contributed by atoms with Gasteiger partial charge in [-0.25, -0.2) is 0 Å². The lowest BCUT2D eigenvalue weighted by Crippen LogP contribution is -2.25. The van der Waals surface area contributed by atoms with Crippen molar-refractivity contribution in [3.63, 3.8) is 0 Å².